The molecule has 2 aliphatic rings. The first kappa shape index (κ1) is 20.0. The van der Waals surface area contributed by atoms with Gasteiger partial charge in [0.2, 0.25) is 0 Å². The van der Waals surface area contributed by atoms with E-state index in [0.29, 0.717) is 11.6 Å². The van der Waals surface area contributed by atoms with E-state index in [1.807, 2.05) is 30.5 Å². The molecular formula is C23H32N6. The molecule has 2 heterocycles. The molecule has 4 rings (SSSR count). The number of aromatic nitrogens is 2. The van der Waals surface area contributed by atoms with Crippen molar-refractivity contribution in [1.29, 1.82) is 0 Å². The summed E-state index contributed by atoms with van der Waals surface area (Å²) in [6, 6.07) is 8.22. The zero-order valence-electron chi connectivity index (χ0n) is 17.1. The van der Waals surface area contributed by atoms with E-state index < -0.39 is 0 Å². The van der Waals surface area contributed by atoms with Crippen LogP contribution in [0.3, 0.4) is 0 Å². The lowest BCUT2D eigenvalue weighted by Gasteiger charge is -2.37. The fourth-order valence-electron chi connectivity index (χ4n) is 4.43. The summed E-state index contributed by atoms with van der Waals surface area (Å²) < 4.78 is 0. The number of para-hydroxylation sites is 2. The zero-order valence-corrected chi connectivity index (χ0v) is 17.1. The van der Waals surface area contributed by atoms with Crippen LogP contribution in [-0.4, -0.2) is 52.3 Å². The molecule has 0 spiro atoms. The van der Waals surface area contributed by atoms with Crippen molar-refractivity contribution in [2.24, 2.45) is 16.5 Å². The standard InChI is InChI=1S/C23H32N6/c24-12-4-3-9-23(10-11-23)29-13-7-19(8-14-29)26-16-18(15-25)22-17-27-20-5-1-2-6-21(20)28-22/h1-2,5-6,15-17,19H,3-4,7-14,24-25H2. The second-order valence-electron chi connectivity index (χ2n) is 8.33. The van der Waals surface area contributed by atoms with Crippen LogP contribution in [0.2, 0.25) is 0 Å². The Balaban J connectivity index is 1.34. The van der Waals surface area contributed by atoms with Crippen LogP contribution in [0.4, 0.5) is 0 Å². The van der Waals surface area contributed by atoms with E-state index in [2.05, 4.69) is 14.9 Å². The van der Waals surface area contributed by atoms with Crippen molar-refractivity contribution in [2.45, 2.75) is 56.5 Å². The van der Waals surface area contributed by atoms with Gasteiger partial charge < -0.3 is 11.5 Å². The predicted octanol–water partition coefficient (Wildman–Crippen LogP) is 3.13. The normalized spacial score (nSPS) is 20.5. The minimum Gasteiger partial charge on any atom is -0.404 e. The van der Waals surface area contributed by atoms with Gasteiger partial charge in [0.15, 0.2) is 0 Å². The molecule has 29 heavy (non-hydrogen) atoms. The Morgan fingerprint density at radius 1 is 1.17 bits per heavy atom. The van der Waals surface area contributed by atoms with E-state index in [1.54, 1.807) is 12.4 Å². The van der Waals surface area contributed by atoms with E-state index >= 15 is 0 Å². The highest BCUT2D eigenvalue weighted by Crippen LogP contribution is 2.47. The summed E-state index contributed by atoms with van der Waals surface area (Å²) >= 11 is 0. The summed E-state index contributed by atoms with van der Waals surface area (Å²) in [6.45, 7) is 3.09. The summed E-state index contributed by atoms with van der Waals surface area (Å²) in [5, 5.41) is 0. The van der Waals surface area contributed by atoms with Gasteiger partial charge in [0, 0.05) is 36.6 Å². The molecule has 0 atom stereocenters. The Morgan fingerprint density at radius 3 is 2.62 bits per heavy atom. The number of nitrogens with zero attached hydrogens (tertiary/aromatic N) is 4. The highest BCUT2D eigenvalue weighted by atomic mass is 15.2. The molecule has 1 aliphatic carbocycles. The van der Waals surface area contributed by atoms with Crippen molar-refractivity contribution in [3.05, 3.63) is 42.4 Å². The third-order valence-electron chi connectivity index (χ3n) is 6.41. The number of benzene rings is 1. The summed E-state index contributed by atoms with van der Waals surface area (Å²) in [7, 11) is 0. The van der Waals surface area contributed by atoms with Crippen LogP contribution in [0.1, 0.15) is 50.6 Å². The number of hydrogen-bond donors (Lipinski definition) is 2. The van der Waals surface area contributed by atoms with Gasteiger partial charge in [-0.05, 0) is 57.2 Å². The third-order valence-corrected chi connectivity index (χ3v) is 6.41. The van der Waals surface area contributed by atoms with Gasteiger partial charge in [0.25, 0.3) is 0 Å². The predicted molar refractivity (Wildman–Crippen MR) is 120 cm³/mol. The van der Waals surface area contributed by atoms with Gasteiger partial charge in [0.1, 0.15) is 0 Å². The zero-order chi connectivity index (χ0) is 20.1. The van der Waals surface area contributed by atoms with E-state index in [-0.39, 0.29) is 0 Å². The Hall–Kier alpha value is -2.31. The fraction of sp³-hybridized carbons (Fsp3) is 0.522. The Morgan fingerprint density at radius 2 is 1.93 bits per heavy atom. The second kappa shape index (κ2) is 9.01. The molecule has 1 aromatic heterocycles. The van der Waals surface area contributed by atoms with Crippen molar-refractivity contribution in [3.8, 4) is 0 Å². The van der Waals surface area contributed by atoms with Crippen LogP contribution in [0.15, 0.2) is 41.7 Å². The molecule has 154 valence electrons. The molecule has 1 saturated carbocycles. The summed E-state index contributed by atoms with van der Waals surface area (Å²) in [5.41, 5.74) is 15.4. The van der Waals surface area contributed by atoms with Gasteiger partial charge in [-0.25, -0.2) is 4.98 Å². The van der Waals surface area contributed by atoms with Gasteiger partial charge in [-0.3, -0.25) is 14.9 Å². The molecular weight excluding hydrogens is 360 g/mol. The van der Waals surface area contributed by atoms with Gasteiger partial charge in [-0.15, -0.1) is 0 Å². The smallest absolute Gasteiger partial charge is 0.0922 e. The van der Waals surface area contributed by atoms with E-state index in [9.17, 15) is 0 Å². The van der Waals surface area contributed by atoms with Crippen LogP contribution < -0.4 is 11.5 Å². The first-order chi connectivity index (χ1) is 14.2. The van der Waals surface area contributed by atoms with Crippen LogP contribution in [0.5, 0.6) is 0 Å². The van der Waals surface area contributed by atoms with Crippen LogP contribution in [0, 0.1) is 0 Å². The van der Waals surface area contributed by atoms with E-state index in [4.69, 9.17) is 16.5 Å². The molecule has 2 aromatic rings. The van der Waals surface area contributed by atoms with E-state index in [0.717, 1.165) is 61.2 Å². The summed E-state index contributed by atoms with van der Waals surface area (Å²) in [5.74, 6) is 0. The number of nitrogens with two attached hydrogens (primary N) is 2. The Bertz CT molecular complexity index is 878. The summed E-state index contributed by atoms with van der Waals surface area (Å²) in [4.78, 5) is 16.7. The van der Waals surface area contributed by atoms with E-state index in [1.165, 1.54) is 25.7 Å². The topological polar surface area (TPSA) is 93.4 Å². The van der Waals surface area contributed by atoms with Gasteiger partial charge in [-0.2, -0.15) is 0 Å². The Labute approximate surface area is 173 Å². The van der Waals surface area contributed by atoms with Crippen molar-refractivity contribution < 1.29 is 0 Å². The molecule has 0 bridgehead atoms. The third kappa shape index (κ3) is 4.65. The van der Waals surface area contributed by atoms with Crippen LogP contribution in [0.25, 0.3) is 16.6 Å². The first-order valence-electron chi connectivity index (χ1n) is 10.9. The molecule has 0 unspecified atom stereocenters. The molecule has 4 N–H and O–H groups in total. The number of fused-ring (bicyclic) bond motifs is 1. The Kier molecular flexibility index (Phi) is 6.21. The lowest BCUT2D eigenvalue weighted by atomic mass is 9.99. The number of aliphatic imine (C=N–C) groups is 1. The maximum atomic E-state index is 5.87. The van der Waals surface area contributed by atoms with Crippen LogP contribution >= 0.6 is 0 Å². The van der Waals surface area contributed by atoms with Crippen molar-refractivity contribution >= 4 is 22.8 Å². The lowest BCUT2D eigenvalue weighted by Crippen LogP contribution is -2.44. The molecule has 1 saturated heterocycles. The number of hydrogen-bond acceptors (Lipinski definition) is 6. The number of piperidine rings is 1. The molecule has 0 amide bonds. The van der Waals surface area contributed by atoms with Crippen molar-refractivity contribution in [3.63, 3.8) is 0 Å². The monoisotopic (exact) mass is 392 g/mol. The minimum absolute atomic E-state index is 0.356. The SMILES string of the molecule is NC=C(C=NC1CCN(C2(CCCCN)CC2)CC1)c1cnc2ccccc2n1. The van der Waals surface area contributed by atoms with Crippen molar-refractivity contribution in [2.75, 3.05) is 19.6 Å². The first-order valence-corrected chi connectivity index (χ1v) is 10.9. The molecule has 0 radical (unpaired) electrons. The van der Waals surface area contributed by atoms with Gasteiger partial charge in [-0.1, -0.05) is 18.6 Å². The van der Waals surface area contributed by atoms with Crippen LogP contribution in [-0.2, 0) is 0 Å². The average Bonchev–Trinajstić information content (AvgIpc) is 3.56. The highest BCUT2D eigenvalue weighted by molar-refractivity contribution is 6.09. The molecule has 6 heteroatoms. The largest absolute Gasteiger partial charge is 0.404 e. The molecule has 1 aromatic carbocycles. The summed E-state index contributed by atoms with van der Waals surface area (Å²) in [6.07, 6.45) is 13.9. The molecule has 1 aliphatic heterocycles. The van der Waals surface area contributed by atoms with Crippen molar-refractivity contribution in [1.82, 2.24) is 14.9 Å². The second-order valence-corrected chi connectivity index (χ2v) is 8.33. The number of allylic oxidation sites excluding steroid dienone is 1. The highest BCUT2D eigenvalue weighted by Gasteiger charge is 2.47. The fourth-order valence-corrected chi connectivity index (χ4v) is 4.43. The average molecular weight is 393 g/mol. The number of likely N-dealkylation sites (tertiary alicyclic amines) is 1. The maximum absolute atomic E-state index is 5.87. The minimum atomic E-state index is 0.356. The molecule has 2 fully saturated rings. The van der Waals surface area contributed by atoms with Gasteiger partial charge >= 0.3 is 0 Å². The molecule has 6 nitrogen and oxygen atoms in total. The maximum Gasteiger partial charge on any atom is 0.0922 e. The lowest BCUT2D eigenvalue weighted by molar-refractivity contribution is 0.127. The number of unbranched alkanes of at least 4 members (excludes halogenated alkanes) is 1. The quantitative estimate of drug-likeness (QED) is 0.532. The van der Waals surface area contributed by atoms with Gasteiger partial charge in [0.05, 0.1) is 29.0 Å². The number of rotatable bonds is 8.